The smallest absolute Gasteiger partial charge is 0.416 e. The number of hydrogen-bond acceptors (Lipinski definition) is 4. The molecule has 4 rings (SSSR count). The molecule has 1 atom stereocenters. The molecule has 36 heavy (non-hydrogen) atoms. The number of sulfonamides is 1. The maximum absolute atomic E-state index is 14.4. The van der Waals surface area contributed by atoms with Gasteiger partial charge in [-0.05, 0) is 54.1 Å². The molecule has 1 amide bonds. The van der Waals surface area contributed by atoms with Gasteiger partial charge >= 0.3 is 6.18 Å². The van der Waals surface area contributed by atoms with Gasteiger partial charge in [0, 0.05) is 12.5 Å². The number of anilines is 1. The van der Waals surface area contributed by atoms with Crippen LogP contribution in [0.1, 0.15) is 12.5 Å². The average Bonchev–Trinajstić information content (AvgIpc) is 2.83. The zero-order chi connectivity index (χ0) is 26.3. The van der Waals surface area contributed by atoms with E-state index in [1.807, 2.05) is 0 Å². The molecule has 1 N–H and O–H groups in total. The highest BCUT2D eigenvalue weighted by Gasteiger charge is 2.37. The van der Waals surface area contributed by atoms with Crippen LogP contribution >= 0.6 is 0 Å². The molecule has 0 spiro atoms. The van der Waals surface area contributed by atoms with Crippen LogP contribution in [-0.2, 0) is 21.0 Å². The van der Waals surface area contributed by atoms with Gasteiger partial charge in [-0.1, -0.05) is 12.1 Å². The predicted octanol–water partition coefficient (Wildman–Crippen LogP) is 4.74. The van der Waals surface area contributed by atoms with Crippen LogP contribution < -0.4 is 14.4 Å². The number of halogens is 5. The average molecular weight is 526 g/mol. The lowest BCUT2D eigenvalue weighted by Gasteiger charge is -2.36. The first-order valence-corrected chi connectivity index (χ1v) is 12.0. The summed E-state index contributed by atoms with van der Waals surface area (Å²) < 4.78 is 102. The Morgan fingerprint density at radius 3 is 2.53 bits per heavy atom. The molecule has 3 aromatic carbocycles. The molecular weight excluding hydrogens is 507 g/mol. The fraction of sp³-hybridized carbons (Fsp3) is 0.208. The van der Waals surface area contributed by atoms with E-state index in [1.165, 1.54) is 25.1 Å². The molecule has 0 aromatic heterocycles. The van der Waals surface area contributed by atoms with E-state index >= 15 is 0 Å². The first-order valence-electron chi connectivity index (χ1n) is 10.6. The van der Waals surface area contributed by atoms with Gasteiger partial charge in [0.2, 0.25) is 5.91 Å². The number of amides is 1. The quantitative estimate of drug-likeness (QED) is 0.488. The van der Waals surface area contributed by atoms with Crippen molar-refractivity contribution in [2.24, 2.45) is 0 Å². The minimum atomic E-state index is -4.77. The van der Waals surface area contributed by atoms with Crippen molar-refractivity contribution in [1.29, 1.82) is 0 Å². The Bertz CT molecular complexity index is 1430. The largest absolute Gasteiger partial charge is 0.484 e. The number of carbonyl (C=O) groups is 1. The Hall–Kier alpha value is -3.67. The van der Waals surface area contributed by atoms with E-state index in [-0.39, 0.29) is 35.7 Å². The van der Waals surface area contributed by atoms with Crippen LogP contribution in [0.2, 0.25) is 0 Å². The molecule has 1 unspecified atom stereocenters. The van der Waals surface area contributed by atoms with Crippen molar-refractivity contribution in [3.63, 3.8) is 0 Å². The van der Waals surface area contributed by atoms with E-state index in [9.17, 15) is 35.2 Å². The molecule has 1 aliphatic rings. The SMILES string of the molecule is CC(=O)NCC1CN(S(=O)(=O)c2cccc(C(F)(F)F)c2)c2cc(-c3cc(F)ccc3F)ccc2O1. The number of nitrogens with one attached hydrogen (secondary N) is 1. The summed E-state index contributed by atoms with van der Waals surface area (Å²) in [7, 11) is -4.57. The lowest BCUT2D eigenvalue weighted by Crippen LogP contribution is -2.48. The van der Waals surface area contributed by atoms with E-state index in [0.29, 0.717) is 6.07 Å². The van der Waals surface area contributed by atoms with Crippen molar-refractivity contribution in [2.45, 2.75) is 24.1 Å². The van der Waals surface area contributed by atoms with E-state index in [0.717, 1.165) is 40.7 Å². The second-order valence-corrected chi connectivity index (χ2v) is 9.91. The summed E-state index contributed by atoms with van der Waals surface area (Å²) in [6.45, 7) is 0.818. The van der Waals surface area contributed by atoms with Crippen LogP contribution in [0.15, 0.2) is 65.6 Å². The molecule has 6 nitrogen and oxygen atoms in total. The van der Waals surface area contributed by atoms with E-state index < -0.39 is 50.3 Å². The summed E-state index contributed by atoms with van der Waals surface area (Å²) in [6, 6.07) is 10.1. The number of benzene rings is 3. The van der Waals surface area contributed by atoms with Crippen molar-refractivity contribution in [1.82, 2.24) is 5.32 Å². The number of ether oxygens (including phenoxy) is 1. The standard InChI is InChI=1S/C24H19F5N2O4S/c1-14(32)30-12-18-13-31(36(33,34)19-4-2-3-16(10-19)24(27,28)29)22-9-15(5-8-23(22)35-18)20-11-17(25)6-7-21(20)26/h2-11,18H,12-13H2,1H3,(H,30,32). The first kappa shape index (κ1) is 25.4. The molecule has 1 heterocycles. The highest BCUT2D eigenvalue weighted by Crippen LogP contribution is 2.41. The highest BCUT2D eigenvalue weighted by molar-refractivity contribution is 7.92. The molecule has 190 valence electrons. The van der Waals surface area contributed by atoms with E-state index in [2.05, 4.69) is 5.32 Å². The van der Waals surface area contributed by atoms with Crippen LogP contribution in [0.5, 0.6) is 5.75 Å². The van der Waals surface area contributed by atoms with Crippen LogP contribution in [0.25, 0.3) is 11.1 Å². The number of alkyl halides is 3. The van der Waals surface area contributed by atoms with Gasteiger partial charge in [0.05, 0.1) is 29.2 Å². The molecule has 0 saturated carbocycles. The summed E-state index contributed by atoms with van der Waals surface area (Å²) >= 11 is 0. The summed E-state index contributed by atoms with van der Waals surface area (Å²) in [5, 5.41) is 2.51. The topological polar surface area (TPSA) is 75.7 Å². The molecular formula is C24H19F5N2O4S. The molecule has 0 radical (unpaired) electrons. The summed E-state index contributed by atoms with van der Waals surface area (Å²) in [4.78, 5) is 10.7. The van der Waals surface area contributed by atoms with E-state index in [4.69, 9.17) is 4.74 Å². The Morgan fingerprint density at radius 2 is 1.83 bits per heavy atom. The van der Waals surface area contributed by atoms with Crippen LogP contribution in [0.4, 0.5) is 27.6 Å². The third-order valence-electron chi connectivity index (χ3n) is 5.46. The Kier molecular flexibility index (Phi) is 6.65. The van der Waals surface area contributed by atoms with Gasteiger partial charge < -0.3 is 10.1 Å². The fourth-order valence-electron chi connectivity index (χ4n) is 3.75. The van der Waals surface area contributed by atoms with Gasteiger partial charge in [-0.3, -0.25) is 9.10 Å². The van der Waals surface area contributed by atoms with Gasteiger partial charge in [-0.15, -0.1) is 0 Å². The highest BCUT2D eigenvalue weighted by atomic mass is 32.2. The number of hydrogen-bond donors (Lipinski definition) is 1. The van der Waals surface area contributed by atoms with Gasteiger partial charge in [-0.25, -0.2) is 17.2 Å². The summed E-state index contributed by atoms with van der Waals surface area (Å²) in [5.41, 5.74) is -1.25. The zero-order valence-corrected chi connectivity index (χ0v) is 19.5. The molecule has 0 bridgehead atoms. The number of fused-ring (bicyclic) bond motifs is 1. The Balaban J connectivity index is 1.83. The minimum Gasteiger partial charge on any atom is -0.484 e. The minimum absolute atomic E-state index is 0.0349. The first-order chi connectivity index (χ1) is 16.9. The van der Waals surface area contributed by atoms with Crippen molar-refractivity contribution in [3.05, 3.63) is 77.9 Å². The van der Waals surface area contributed by atoms with Crippen molar-refractivity contribution in [3.8, 4) is 16.9 Å². The van der Waals surface area contributed by atoms with Gasteiger partial charge in [0.1, 0.15) is 23.5 Å². The monoisotopic (exact) mass is 526 g/mol. The summed E-state index contributed by atoms with van der Waals surface area (Å²) in [6.07, 6.45) is -5.65. The van der Waals surface area contributed by atoms with Crippen LogP contribution in [0, 0.1) is 11.6 Å². The molecule has 0 aliphatic carbocycles. The molecule has 12 heteroatoms. The summed E-state index contributed by atoms with van der Waals surface area (Å²) in [5.74, 6) is -1.84. The second-order valence-electron chi connectivity index (χ2n) is 8.05. The predicted molar refractivity (Wildman–Crippen MR) is 121 cm³/mol. The van der Waals surface area contributed by atoms with Crippen LogP contribution in [0.3, 0.4) is 0 Å². The molecule has 1 aliphatic heterocycles. The van der Waals surface area contributed by atoms with Gasteiger partial charge in [0.25, 0.3) is 10.0 Å². The zero-order valence-electron chi connectivity index (χ0n) is 18.6. The second kappa shape index (κ2) is 9.41. The fourth-order valence-corrected chi connectivity index (χ4v) is 5.29. The Morgan fingerprint density at radius 1 is 1.08 bits per heavy atom. The maximum atomic E-state index is 14.4. The lowest BCUT2D eigenvalue weighted by atomic mass is 10.0. The molecule has 0 saturated heterocycles. The van der Waals surface area contributed by atoms with Gasteiger partial charge in [0.15, 0.2) is 0 Å². The number of carbonyl (C=O) groups excluding carboxylic acids is 1. The van der Waals surface area contributed by atoms with Crippen molar-refractivity contribution >= 4 is 21.6 Å². The van der Waals surface area contributed by atoms with Crippen molar-refractivity contribution < 1.29 is 39.9 Å². The van der Waals surface area contributed by atoms with Gasteiger partial charge in [-0.2, -0.15) is 13.2 Å². The lowest BCUT2D eigenvalue weighted by molar-refractivity contribution is -0.137. The van der Waals surface area contributed by atoms with Crippen molar-refractivity contribution in [2.75, 3.05) is 17.4 Å². The third kappa shape index (κ3) is 5.13. The number of nitrogens with zero attached hydrogens (tertiary/aromatic N) is 1. The molecule has 0 fully saturated rings. The third-order valence-corrected chi connectivity index (χ3v) is 7.23. The maximum Gasteiger partial charge on any atom is 0.416 e. The Labute approximate surface area is 203 Å². The van der Waals surface area contributed by atoms with Crippen LogP contribution in [-0.4, -0.2) is 33.5 Å². The van der Waals surface area contributed by atoms with E-state index in [1.54, 1.807) is 0 Å². The molecule has 3 aromatic rings. The normalized spacial score (nSPS) is 15.7. The number of rotatable bonds is 5.